The second-order valence-corrected chi connectivity index (χ2v) is 5.50. The summed E-state index contributed by atoms with van der Waals surface area (Å²) in [6.07, 6.45) is 0. The van der Waals surface area contributed by atoms with E-state index in [2.05, 4.69) is 17.2 Å². The van der Waals surface area contributed by atoms with Crippen molar-refractivity contribution in [2.45, 2.75) is 6.04 Å². The molecule has 0 heterocycles. The molecule has 0 aromatic heterocycles. The van der Waals surface area contributed by atoms with Crippen molar-refractivity contribution in [3.63, 3.8) is 0 Å². The van der Waals surface area contributed by atoms with E-state index in [0.717, 1.165) is 22.6 Å². The molecule has 3 rings (SSSR count). The van der Waals surface area contributed by atoms with Crippen LogP contribution in [0.25, 0.3) is 0 Å². The number of anilines is 1. The van der Waals surface area contributed by atoms with Crippen molar-refractivity contribution in [2.24, 2.45) is 0 Å². The Kier molecular flexibility index (Phi) is 5.33. The van der Waals surface area contributed by atoms with Crippen LogP contribution < -0.4 is 10.1 Å². The third-order valence-electron chi connectivity index (χ3n) is 3.72. The minimum absolute atomic E-state index is 0.277. The summed E-state index contributed by atoms with van der Waals surface area (Å²) in [5.41, 5.74) is 2.58. The van der Waals surface area contributed by atoms with E-state index in [1.165, 1.54) is 12.1 Å². The molecule has 0 spiro atoms. The van der Waals surface area contributed by atoms with Crippen molar-refractivity contribution in [3.05, 3.63) is 95.8 Å². The summed E-state index contributed by atoms with van der Waals surface area (Å²) in [5, 5.41) is 3.35. The third-order valence-corrected chi connectivity index (χ3v) is 3.72. The van der Waals surface area contributed by atoms with Crippen molar-refractivity contribution in [3.8, 4) is 17.6 Å². The lowest BCUT2D eigenvalue weighted by Crippen LogP contribution is -2.09. The summed E-state index contributed by atoms with van der Waals surface area (Å²) in [4.78, 5) is 0. The second kappa shape index (κ2) is 8.03. The molecule has 1 atom stereocenters. The molecule has 0 bridgehead atoms. The van der Waals surface area contributed by atoms with Gasteiger partial charge in [0, 0.05) is 11.3 Å². The topological polar surface area (TPSA) is 21.3 Å². The quantitative estimate of drug-likeness (QED) is 0.676. The van der Waals surface area contributed by atoms with Gasteiger partial charge in [0.1, 0.15) is 17.6 Å². The average Bonchev–Trinajstić information content (AvgIpc) is 2.66. The number of nitrogens with one attached hydrogen (secondary N) is 1. The van der Waals surface area contributed by atoms with Gasteiger partial charge in [0.2, 0.25) is 0 Å². The average molecular weight is 331 g/mol. The molecular weight excluding hydrogens is 313 g/mol. The molecule has 3 aromatic rings. The Morgan fingerprint density at radius 1 is 0.920 bits per heavy atom. The molecule has 3 heteroatoms. The van der Waals surface area contributed by atoms with Gasteiger partial charge in [-0.15, -0.1) is 0 Å². The van der Waals surface area contributed by atoms with Gasteiger partial charge in [-0.1, -0.05) is 42.2 Å². The molecule has 0 aliphatic heterocycles. The summed E-state index contributed by atoms with van der Waals surface area (Å²) in [7, 11) is 1.63. The van der Waals surface area contributed by atoms with Gasteiger partial charge in [-0.3, -0.25) is 0 Å². The highest BCUT2D eigenvalue weighted by Gasteiger charge is 2.09. The number of benzene rings is 3. The van der Waals surface area contributed by atoms with E-state index in [4.69, 9.17) is 4.74 Å². The monoisotopic (exact) mass is 331 g/mol. The number of ether oxygens (including phenoxy) is 1. The fourth-order valence-corrected chi connectivity index (χ4v) is 2.42. The first-order valence-corrected chi connectivity index (χ1v) is 7.97. The molecule has 0 aliphatic rings. The Bertz CT molecular complexity index is 879. The van der Waals surface area contributed by atoms with E-state index in [9.17, 15) is 4.39 Å². The van der Waals surface area contributed by atoms with Crippen LogP contribution in [0.4, 0.5) is 10.1 Å². The largest absolute Gasteiger partial charge is 0.497 e. The molecular formula is C22H18FNO. The first-order chi connectivity index (χ1) is 12.2. The first kappa shape index (κ1) is 16.6. The normalized spacial score (nSPS) is 11.1. The van der Waals surface area contributed by atoms with Gasteiger partial charge in [0.15, 0.2) is 0 Å². The van der Waals surface area contributed by atoms with Crippen LogP contribution in [-0.4, -0.2) is 7.11 Å². The maximum Gasteiger partial charge on any atom is 0.123 e. The SMILES string of the molecule is COc1ccc(N[C@@H](C#Cc2ccccc2)c2cccc(F)c2)cc1. The molecule has 0 radical (unpaired) electrons. The molecule has 0 unspecified atom stereocenters. The van der Waals surface area contributed by atoms with Crippen molar-refractivity contribution in [2.75, 3.05) is 12.4 Å². The van der Waals surface area contributed by atoms with Gasteiger partial charge in [-0.2, -0.15) is 0 Å². The maximum absolute atomic E-state index is 13.6. The Balaban J connectivity index is 1.90. The van der Waals surface area contributed by atoms with E-state index >= 15 is 0 Å². The number of hydrogen-bond donors (Lipinski definition) is 1. The lowest BCUT2D eigenvalue weighted by molar-refractivity contribution is 0.415. The summed E-state index contributed by atoms with van der Waals surface area (Å²) in [5.74, 6) is 6.85. The molecule has 0 aliphatic carbocycles. The zero-order chi connectivity index (χ0) is 17.5. The van der Waals surface area contributed by atoms with E-state index in [-0.39, 0.29) is 11.9 Å². The zero-order valence-electron chi connectivity index (χ0n) is 13.9. The molecule has 0 saturated carbocycles. The Morgan fingerprint density at radius 3 is 2.36 bits per heavy atom. The van der Waals surface area contributed by atoms with E-state index in [1.54, 1.807) is 13.2 Å². The van der Waals surface area contributed by atoms with Gasteiger partial charge in [0.05, 0.1) is 7.11 Å². The Hall–Kier alpha value is -3.25. The fourth-order valence-electron chi connectivity index (χ4n) is 2.42. The fraction of sp³-hybridized carbons (Fsp3) is 0.0909. The number of hydrogen-bond acceptors (Lipinski definition) is 2. The smallest absolute Gasteiger partial charge is 0.123 e. The highest BCUT2D eigenvalue weighted by molar-refractivity contribution is 5.51. The summed E-state index contributed by atoms with van der Waals surface area (Å²) < 4.78 is 18.8. The molecule has 0 saturated heterocycles. The lowest BCUT2D eigenvalue weighted by Gasteiger charge is -2.15. The predicted molar refractivity (Wildman–Crippen MR) is 99.1 cm³/mol. The number of halogens is 1. The standard InChI is InChI=1S/C22H18FNO/c1-25-21-13-11-20(12-14-21)24-22(18-8-5-9-19(23)16-18)15-10-17-6-3-2-4-7-17/h2-9,11-14,16,22,24H,1H3/t22-/m0/s1. The van der Waals surface area contributed by atoms with Crippen molar-refractivity contribution in [1.82, 2.24) is 0 Å². The minimum atomic E-state index is -0.329. The molecule has 124 valence electrons. The van der Waals surface area contributed by atoms with E-state index < -0.39 is 0 Å². The molecule has 1 N–H and O–H groups in total. The van der Waals surface area contributed by atoms with E-state index in [1.807, 2.05) is 60.7 Å². The lowest BCUT2D eigenvalue weighted by atomic mass is 10.1. The molecule has 3 aromatic carbocycles. The minimum Gasteiger partial charge on any atom is -0.497 e. The molecule has 0 fully saturated rings. The zero-order valence-corrected chi connectivity index (χ0v) is 13.9. The highest BCUT2D eigenvalue weighted by atomic mass is 19.1. The van der Waals surface area contributed by atoms with Crippen LogP contribution >= 0.6 is 0 Å². The van der Waals surface area contributed by atoms with Crippen LogP contribution in [0.1, 0.15) is 17.2 Å². The number of methoxy groups -OCH3 is 1. The van der Waals surface area contributed by atoms with Gasteiger partial charge < -0.3 is 10.1 Å². The summed E-state index contributed by atoms with van der Waals surface area (Å²) in [6.45, 7) is 0. The Labute approximate surface area is 147 Å². The van der Waals surface area contributed by atoms with Gasteiger partial charge >= 0.3 is 0 Å². The second-order valence-electron chi connectivity index (χ2n) is 5.50. The summed E-state index contributed by atoms with van der Waals surface area (Å²) in [6, 6.07) is 23.5. The van der Waals surface area contributed by atoms with Crippen LogP contribution in [-0.2, 0) is 0 Å². The van der Waals surface area contributed by atoms with Gasteiger partial charge in [0.25, 0.3) is 0 Å². The first-order valence-electron chi connectivity index (χ1n) is 7.97. The van der Waals surface area contributed by atoms with Crippen LogP contribution in [0.15, 0.2) is 78.9 Å². The van der Waals surface area contributed by atoms with Crippen molar-refractivity contribution >= 4 is 5.69 Å². The van der Waals surface area contributed by atoms with Crippen LogP contribution in [0.3, 0.4) is 0 Å². The third kappa shape index (κ3) is 4.62. The predicted octanol–water partition coefficient (Wildman–Crippen LogP) is 5.04. The molecule has 2 nitrogen and oxygen atoms in total. The molecule has 0 amide bonds. The summed E-state index contributed by atoms with van der Waals surface area (Å²) >= 11 is 0. The highest BCUT2D eigenvalue weighted by Crippen LogP contribution is 2.22. The van der Waals surface area contributed by atoms with E-state index in [0.29, 0.717) is 0 Å². The number of rotatable bonds is 4. The van der Waals surface area contributed by atoms with Crippen LogP contribution in [0.5, 0.6) is 5.75 Å². The van der Waals surface area contributed by atoms with Gasteiger partial charge in [-0.25, -0.2) is 4.39 Å². The van der Waals surface area contributed by atoms with Gasteiger partial charge in [-0.05, 0) is 54.1 Å². The van der Waals surface area contributed by atoms with Crippen molar-refractivity contribution in [1.29, 1.82) is 0 Å². The molecule has 25 heavy (non-hydrogen) atoms. The Morgan fingerprint density at radius 2 is 1.68 bits per heavy atom. The van der Waals surface area contributed by atoms with Crippen LogP contribution in [0.2, 0.25) is 0 Å². The van der Waals surface area contributed by atoms with Crippen LogP contribution in [0, 0.1) is 17.7 Å². The maximum atomic E-state index is 13.6. The van der Waals surface area contributed by atoms with Crippen molar-refractivity contribution < 1.29 is 9.13 Å².